The lowest BCUT2D eigenvalue weighted by Crippen LogP contribution is -2.08. The van der Waals surface area contributed by atoms with Crippen molar-refractivity contribution in [3.8, 4) is 0 Å². The quantitative estimate of drug-likeness (QED) is 0.889. The Kier molecular flexibility index (Phi) is 3.46. The molecule has 0 aromatic heterocycles. The van der Waals surface area contributed by atoms with Crippen LogP contribution in [0, 0.1) is 11.6 Å². The third-order valence-corrected chi connectivity index (χ3v) is 2.59. The molecule has 0 saturated carbocycles. The summed E-state index contributed by atoms with van der Waals surface area (Å²) in [4.78, 5) is 1.92. The van der Waals surface area contributed by atoms with Crippen LogP contribution in [-0.4, -0.2) is 14.1 Å². The number of rotatable bonds is 3. The van der Waals surface area contributed by atoms with Gasteiger partial charge in [-0.2, -0.15) is 0 Å². The summed E-state index contributed by atoms with van der Waals surface area (Å²) in [6.07, 6.45) is 0. The van der Waals surface area contributed by atoms with Gasteiger partial charge in [0.1, 0.15) is 17.3 Å². The summed E-state index contributed by atoms with van der Waals surface area (Å²) in [6, 6.07) is 11.1. The molecule has 0 radical (unpaired) electrons. The zero-order valence-electron chi connectivity index (χ0n) is 10.2. The van der Waals surface area contributed by atoms with Crippen molar-refractivity contribution in [1.29, 1.82) is 0 Å². The predicted molar refractivity (Wildman–Crippen MR) is 70.4 cm³/mol. The first kappa shape index (κ1) is 12.4. The monoisotopic (exact) mass is 248 g/mol. The number of hydrogen-bond acceptors (Lipinski definition) is 2. The maximum Gasteiger partial charge on any atom is 0.149 e. The molecule has 18 heavy (non-hydrogen) atoms. The molecule has 2 aromatic rings. The van der Waals surface area contributed by atoms with E-state index in [4.69, 9.17) is 0 Å². The van der Waals surface area contributed by atoms with Gasteiger partial charge in [0.15, 0.2) is 0 Å². The summed E-state index contributed by atoms with van der Waals surface area (Å²) in [6.45, 7) is 0. The highest BCUT2D eigenvalue weighted by atomic mass is 19.1. The lowest BCUT2D eigenvalue weighted by Gasteiger charge is -2.15. The minimum Gasteiger partial charge on any atom is -0.378 e. The topological polar surface area (TPSA) is 15.3 Å². The van der Waals surface area contributed by atoms with Gasteiger partial charge in [0.05, 0.1) is 0 Å². The van der Waals surface area contributed by atoms with Crippen molar-refractivity contribution >= 4 is 17.1 Å². The van der Waals surface area contributed by atoms with E-state index in [1.54, 1.807) is 6.07 Å². The molecule has 94 valence electrons. The van der Waals surface area contributed by atoms with E-state index >= 15 is 0 Å². The van der Waals surface area contributed by atoms with Crippen molar-refractivity contribution in [3.05, 3.63) is 54.1 Å². The molecule has 2 nitrogen and oxygen atoms in total. The van der Waals surface area contributed by atoms with Crippen LogP contribution >= 0.6 is 0 Å². The summed E-state index contributed by atoms with van der Waals surface area (Å²) in [5, 5.41) is 2.76. The lowest BCUT2D eigenvalue weighted by molar-refractivity contribution is 0.591. The molecule has 0 unspecified atom stereocenters. The van der Waals surface area contributed by atoms with E-state index in [0.29, 0.717) is 5.69 Å². The molecule has 0 aliphatic carbocycles. The number of halogens is 2. The highest BCUT2D eigenvalue weighted by molar-refractivity contribution is 5.65. The van der Waals surface area contributed by atoms with Crippen molar-refractivity contribution in [3.63, 3.8) is 0 Å². The molecular weight excluding hydrogens is 234 g/mol. The zero-order valence-corrected chi connectivity index (χ0v) is 10.2. The van der Waals surface area contributed by atoms with Gasteiger partial charge in [0, 0.05) is 25.5 Å². The maximum atomic E-state index is 13.5. The first-order valence-electron chi connectivity index (χ1n) is 5.56. The third-order valence-electron chi connectivity index (χ3n) is 2.59. The van der Waals surface area contributed by atoms with E-state index in [2.05, 4.69) is 5.32 Å². The number of hydrogen-bond donors (Lipinski definition) is 1. The van der Waals surface area contributed by atoms with Crippen LogP contribution in [0.2, 0.25) is 0 Å². The van der Waals surface area contributed by atoms with Crippen molar-refractivity contribution in [2.45, 2.75) is 0 Å². The van der Waals surface area contributed by atoms with Crippen molar-refractivity contribution in [2.24, 2.45) is 0 Å². The van der Waals surface area contributed by atoms with Gasteiger partial charge in [-0.15, -0.1) is 0 Å². The van der Waals surface area contributed by atoms with Gasteiger partial charge in [-0.3, -0.25) is 0 Å². The molecule has 0 aliphatic rings. The molecule has 0 heterocycles. The number of nitrogens with zero attached hydrogens (tertiary/aromatic N) is 1. The average molecular weight is 248 g/mol. The predicted octanol–water partition coefficient (Wildman–Crippen LogP) is 3.77. The normalized spacial score (nSPS) is 10.2. The van der Waals surface area contributed by atoms with Crippen LogP contribution < -0.4 is 10.2 Å². The molecule has 0 saturated heterocycles. The minimum absolute atomic E-state index is 0.131. The number of nitrogens with one attached hydrogen (secondary N) is 1. The fourth-order valence-electron chi connectivity index (χ4n) is 1.62. The largest absolute Gasteiger partial charge is 0.378 e. The first-order valence-corrected chi connectivity index (χ1v) is 5.56. The summed E-state index contributed by atoms with van der Waals surface area (Å²) >= 11 is 0. The van der Waals surface area contributed by atoms with Crippen molar-refractivity contribution in [1.82, 2.24) is 0 Å². The Morgan fingerprint density at radius 2 is 1.56 bits per heavy atom. The van der Waals surface area contributed by atoms with Gasteiger partial charge >= 0.3 is 0 Å². The van der Waals surface area contributed by atoms with Crippen LogP contribution in [0.15, 0.2) is 42.5 Å². The smallest absolute Gasteiger partial charge is 0.149 e. The summed E-state index contributed by atoms with van der Waals surface area (Å²) < 4.78 is 27.0. The Morgan fingerprint density at radius 3 is 2.17 bits per heavy atom. The van der Waals surface area contributed by atoms with E-state index in [0.717, 1.165) is 5.69 Å². The highest BCUT2D eigenvalue weighted by Gasteiger charge is 2.08. The number of para-hydroxylation sites is 1. The average Bonchev–Trinajstić information content (AvgIpc) is 2.34. The summed E-state index contributed by atoms with van der Waals surface area (Å²) in [5.41, 5.74) is 1.47. The SMILES string of the molecule is CN(C)c1cccc(Nc2c(F)cccc2F)c1. The Hall–Kier alpha value is -2.10. The fraction of sp³-hybridized carbons (Fsp3) is 0.143. The second-order valence-corrected chi connectivity index (χ2v) is 4.17. The van der Waals surface area contributed by atoms with Crippen LogP contribution in [0.1, 0.15) is 0 Å². The molecule has 2 rings (SSSR count). The first-order chi connectivity index (χ1) is 8.58. The van der Waals surface area contributed by atoms with Crippen LogP contribution in [0.3, 0.4) is 0 Å². The van der Waals surface area contributed by atoms with Crippen LogP contribution in [0.5, 0.6) is 0 Å². The second kappa shape index (κ2) is 5.04. The van der Waals surface area contributed by atoms with Gasteiger partial charge in [0.25, 0.3) is 0 Å². The Balaban J connectivity index is 2.31. The summed E-state index contributed by atoms with van der Waals surface area (Å²) in [5.74, 6) is -1.21. The highest BCUT2D eigenvalue weighted by Crippen LogP contribution is 2.25. The van der Waals surface area contributed by atoms with Gasteiger partial charge in [0.2, 0.25) is 0 Å². The third kappa shape index (κ3) is 2.59. The van der Waals surface area contributed by atoms with E-state index in [9.17, 15) is 8.78 Å². The van der Waals surface area contributed by atoms with Gasteiger partial charge < -0.3 is 10.2 Å². The zero-order chi connectivity index (χ0) is 13.1. The second-order valence-electron chi connectivity index (χ2n) is 4.17. The molecule has 1 N–H and O–H groups in total. The van der Waals surface area contributed by atoms with Gasteiger partial charge in [-0.1, -0.05) is 12.1 Å². The lowest BCUT2D eigenvalue weighted by atomic mass is 10.2. The molecule has 0 spiro atoms. The molecular formula is C14H14F2N2. The number of anilines is 3. The van der Waals surface area contributed by atoms with E-state index in [1.807, 2.05) is 37.2 Å². The van der Waals surface area contributed by atoms with Crippen LogP contribution in [0.4, 0.5) is 25.8 Å². The van der Waals surface area contributed by atoms with Crippen LogP contribution in [0.25, 0.3) is 0 Å². The fourth-order valence-corrected chi connectivity index (χ4v) is 1.62. The maximum absolute atomic E-state index is 13.5. The molecule has 0 atom stereocenters. The number of benzene rings is 2. The van der Waals surface area contributed by atoms with Crippen LogP contribution in [-0.2, 0) is 0 Å². The van der Waals surface area contributed by atoms with E-state index < -0.39 is 11.6 Å². The molecule has 0 aliphatic heterocycles. The Bertz CT molecular complexity index is 533. The van der Waals surface area contributed by atoms with Gasteiger partial charge in [-0.25, -0.2) is 8.78 Å². The minimum atomic E-state index is -0.606. The molecule has 0 fully saturated rings. The van der Waals surface area contributed by atoms with Gasteiger partial charge in [-0.05, 0) is 30.3 Å². The van der Waals surface area contributed by atoms with E-state index in [1.165, 1.54) is 18.2 Å². The molecule has 0 amide bonds. The molecule has 0 bridgehead atoms. The standard InChI is InChI=1S/C14H14F2N2/c1-18(2)11-6-3-5-10(9-11)17-14-12(15)7-4-8-13(14)16/h3-9,17H,1-2H3. The van der Waals surface area contributed by atoms with Crippen molar-refractivity contribution < 1.29 is 8.78 Å². The Labute approximate surface area is 105 Å². The van der Waals surface area contributed by atoms with E-state index in [-0.39, 0.29) is 5.69 Å². The molecule has 4 heteroatoms. The Morgan fingerprint density at radius 1 is 0.944 bits per heavy atom. The summed E-state index contributed by atoms with van der Waals surface area (Å²) in [7, 11) is 3.81. The van der Waals surface area contributed by atoms with Crippen molar-refractivity contribution in [2.75, 3.05) is 24.3 Å². The molecule has 2 aromatic carbocycles.